The van der Waals surface area contributed by atoms with Gasteiger partial charge in [0.05, 0.1) is 0 Å². The summed E-state index contributed by atoms with van der Waals surface area (Å²) in [4.78, 5) is 14.1. The molecule has 1 saturated carbocycles. The lowest BCUT2D eigenvalue weighted by molar-refractivity contribution is -0.143. The zero-order valence-electron chi connectivity index (χ0n) is 8.74. The Morgan fingerprint density at radius 1 is 1.29 bits per heavy atom. The summed E-state index contributed by atoms with van der Waals surface area (Å²) in [6, 6.07) is 0.466. The lowest BCUT2D eigenvalue weighted by Crippen LogP contribution is -2.53. The molecule has 1 unspecified atom stereocenters. The quantitative estimate of drug-likeness (QED) is 0.735. The van der Waals surface area contributed by atoms with Crippen molar-refractivity contribution in [3.63, 3.8) is 0 Å². The summed E-state index contributed by atoms with van der Waals surface area (Å²) < 4.78 is 0. The average molecular weight is 196 g/mol. The van der Waals surface area contributed by atoms with E-state index in [0.717, 1.165) is 32.2 Å². The van der Waals surface area contributed by atoms with Gasteiger partial charge in [-0.3, -0.25) is 4.79 Å². The van der Waals surface area contributed by atoms with E-state index in [1.807, 2.05) is 0 Å². The molecule has 1 heterocycles. The molecular weight excluding hydrogens is 176 g/mol. The molecule has 1 aliphatic carbocycles. The highest BCUT2D eigenvalue weighted by Gasteiger charge is 2.35. The summed E-state index contributed by atoms with van der Waals surface area (Å²) in [7, 11) is 0. The second-order valence-corrected chi connectivity index (χ2v) is 4.53. The molecule has 0 bridgehead atoms. The van der Waals surface area contributed by atoms with Crippen LogP contribution in [-0.2, 0) is 4.79 Å². The maximum atomic E-state index is 12.0. The fourth-order valence-electron chi connectivity index (χ4n) is 2.63. The van der Waals surface area contributed by atoms with E-state index in [4.69, 9.17) is 5.73 Å². The van der Waals surface area contributed by atoms with Crippen molar-refractivity contribution in [1.82, 2.24) is 4.90 Å². The standard InChI is InChI=1S/C11H20N2O/c12-7-5-10-6-8-13(10)11(14)9-3-1-2-4-9/h9-10H,1-8,12H2. The second kappa shape index (κ2) is 4.30. The topological polar surface area (TPSA) is 46.3 Å². The highest BCUT2D eigenvalue weighted by Crippen LogP contribution is 2.30. The molecule has 80 valence electrons. The molecule has 0 spiro atoms. The molecule has 1 amide bonds. The molecule has 3 nitrogen and oxygen atoms in total. The first-order valence-corrected chi connectivity index (χ1v) is 5.83. The van der Waals surface area contributed by atoms with Crippen molar-refractivity contribution >= 4 is 5.91 Å². The maximum Gasteiger partial charge on any atom is 0.225 e. The molecule has 1 saturated heterocycles. The molecule has 1 atom stereocenters. The molecular formula is C11H20N2O. The van der Waals surface area contributed by atoms with Crippen LogP contribution >= 0.6 is 0 Å². The van der Waals surface area contributed by atoms with E-state index >= 15 is 0 Å². The Labute approximate surface area is 85.6 Å². The Morgan fingerprint density at radius 3 is 2.50 bits per heavy atom. The van der Waals surface area contributed by atoms with Gasteiger partial charge < -0.3 is 10.6 Å². The highest BCUT2D eigenvalue weighted by molar-refractivity contribution is 5.80. The van der Waals surface area contributed by atoms with Crippen molar-refractivity contribution in [2.75, 3.05) is 13.1 Å². The number of carbonyl (C=O) groups is 1. The van der Waals surface area contributed by atoms with Crippen LogP contribution < -0.4 is 5.73 Å². The van der Waals surface area contributed by atoms with Crippen LogP contribution in [0.15, 0.2) is 0 Å². The summed E-state index contributed by atoms with van der Waals surface area (Å²) in [5.74, 6) is 0.753. The van der Waals surface area contributed by atoms with Crippen LogP contribution in [0.3, 0.4) is 0 Å². The molecule has 2 aliphatic rings. The minimum Gasteiger partial charge on any atom is -0.339 e. The third kappa shape index (κ3) is 1.78. The van der Waals surface area contributed by atoms with Gasteiger partial charge in [-0.15, -0.1) is 0 Å². The van der Waals surface area contributed by atoms with Crippen LogP contribution in [0.1, 0.15) is 38.5 Å². The van der Waals surface area contributed by atoms with Crippen molar-refractivity contribution in [3.05, 3.63) is 0 Å². The molecule has 2 rings (SSSR count). The Kier molecular flexibility index (Phi) is 3.06. The van der Waals surface area contributed by atoms with Gasteiger partial charge in [-0.25, -0.2) is 0 Å². The second-order valence-electron chi connectivity index (χ2n) is 4.53. The largest absolute Gasteiger partial charge is 0.339 e. The van der Waals surface area contributed by atoms with Crippen LogP contribution in [0.5, 0.6) is 0 Å². The predicted octanol–water partition coefficient (Wildman–Crippen LogP) is 1.13. The maximum absolute atomic E-state index is 12.0. The Bertz CT molecular complexity index is 211. The van der Waals surface area contributed by atoms with Gasteiger partial charge in [-0.1, -0.05) is 12.8 Å². The van der Waals surface area contributed by atoms with E-state index in [1.54, 1.807) is 0 Å². The van der Waals surface area contributed by atoms with E-state index in [1.165, 1.54) is 12.8 Å². The van der Waals surface area contributed by atoms with E-state index in [9.17, 15) is 4.79 Å². The number of hydrogen-bond donors (Lipinski definition) is 1. The van der Waals surface area contributed by atoms with Crippen LogP contribution in [0.4, 0.5) is 0 Å². The SMILES string of the molecule is NCCC1CCN1C(=O)C1CCCC1. The molecule has 0 aromatic heterocycles. The molecule has 1 aliphatic heterocycles. The number of nitrogens with zero attached hydrogens (tertiary/aromatic N) is 1. The zero-order chi connectivity index (χ0) is 9.97. The molecule has 14 heavy (non-hydrogen) atoms. The Hall–Kier alpha value is -0.570. The summed E-state index contributed by atoms with van der Waals surface area (Å²) in [6.45, 7) is 1.68. The molecule has 0 radical (unpaired) electrons. The van der Waals surface area contributed by atoms with E-state index in [-0.39, 0.29) is 0 Å². The van der Waals surface area contributed by atoms with Gasteiger partial charge in [-0.2, -0.15) is 0 Å². The third-order valence-electron chi connectivity index (χ3n) is 3.63. The Balaban J connectivity index is 1.85. The summed E-state index contributed by atoms with van der Waals surface area (Å²) in [5.41, 5.74) is 5.52. The lowest BCUT2D eigenvalue weighted by atomic mass is 9.95. The fraction of sp³-hybridized carbons (Fsp3) is 0.909. The molecule has 0 aromatic carbocycles. The number of rotatable bonds is 3. The number of hydrogen-bond acceptors (Lipinski definition) is 2. The summed E-state index contributed by atoms with van der Waals surface area (Å²) in [5, 5.41) is 0. The monoisotopic (exact) mass is 196 g/mol. The molecule has 3 heteroatoms. The van der Waals surface area contributed by atoms with Crippen molar-refractivity contribution in [2.45, 2.75) is 44.6 Å². The first-order valence-electron chi connectivity index (χ1n) is 5.83. The summed E-state index contributed by atoms with van der Waals surface area (Å²) >= 11 is 0. The smallest absolute Gasteiger partial charge is 0.225 e. The third-order valence-corrected chi connectivity index (χ3v) is 3.63. The van der Waals surface area contributed by atoms with Crippen molar-refractivity contribution in [2.24, 2.45) is 11.7 Å². The average Bonchev–Trinajstić information content (AvgIpc) is 2.65. The van der Waals surface area contributed by atoms with Crippen molar-refractivity contribution < 1.29 is 4.79 Å². The van der Waals surface area contributed by atoms with Gasteiger partial charge in [0.1, 0.15) is 0 Å². The number of carbonyl (C=O) groups excluding carboxylic acids is 1. The van der Waals surface area contributed by atoms with Crippen LogP contribution in [0.25, 0.3) is 0 Å². The van der Waals surface area contributed by atoms with Crippen molar-refractivity contribution in [1.29, 1.82) is 0 Å². The van der Waals surface area contributed by atoms with Gasteiger partial charge >= 0.3 is 0 Å². The summed E-state index contributed by atoms with van der Waals surface area (Å²) in [6.07, 6.45) is 6.86. The highest BCUT2D eigenvalue weighted by atomic mass is 16.2. The van der Waals surface area contributed by atoms with E-state index in [2.05, 4.69) is 4.90 Å². The molecule has 2 N–H and O–H groups in total. The zero-order valence-corrected chi connectivity index (χ0v) is 8.74. The van der Waals surface area contributed by atoms with Gasteiger partial charge in [-0.05, 0) is 32.2 Å². The van der Waals surface area contributed by atoms with Gasteiger partial charge in [0.25, 0.3) is 0 Å². The van der Waals surface area contributed by atoms with E-state index < -0.39 is 0 Å². The van der Waals surface area contributed by atoms with Gasteiger partial charge in [0.15, 0.2) is 0 Å². The minimum absolute atomic E-state index is 0.343. The molecule has 2 fully saturated rings. The first-order chi connectivity index (χ1) is 6.83. The molecule has 0 aromatic rings. The van der Waals surface area contributed by atoms with E-state index in [0.29, 0.717) is 24.4 Å². The van der Waals surface area contributed by atoms with Gasteiger partial charge in [0, 0.05) is 18.5 Å². The lowest BCUT2D eigenvalue weighted by Gasteiger charge is -2.42. The number of likely N-dealkylation sites (tertiary alicyclic amines) is 1. The number of amides is 1. The van der Waals surface area contributed by atoms with Crippen molar-refractivity contribution in [3.8, 4) is 0 Å². The van der Waals surface area contributed by atoms with Crippen LogP contribution in [-0.4, -0.2) is 29.9 Å². The van der Waals surface area contributed by atoms with Gasteiger partial charge in [0.2, 0.25) is 5.91 Å². The first kappa shape index (κ1) is 9.97. The normalized spacial score (nSPS) is 27.8. The minimum atomic E-state index is 0.343. The van der Waals surface area contributed by atoms with Crippen LogP contribution in [0.2, 0.25) is 0 Å². The Morgan fingerprint density at radius 2 is 2.00 bits per heavy atom. The van der Waals surface area contributed by atoms with Crippen LogP contribution in [0, 0.1) is 5.92 Å². The predicted molar refractivity (Wildman–Crippen MR) is 55.7 cm³/mol. The number of nitrogens with two attached hydrogens (primary N) is 1. The fourth-order valence-corrected chi connectivity index (χ4v) is 2.63.